The highest BCUT2D eigenvalue weighted by atomic mass is 32.2. The fraction of sp³-hybridized carbons (Fsp3) is 0.538. The largest absolute Gasteiger partial charge is 0.310 e. The van der Waals surface area contributed by atoms with Crippen LogP contribution in [0, 0.1) is 0 Å². The van der Waals surface area contributed by atoms with E-state index in [1.165, 1.54) is 11.3 Å². The third kappa shape index (κ3) is 3.45. The van der Waals surface area contributed by atoms with E-state index in [0.717, 1.165) is 11.3 Å². The van der Waals surface area contributed by atoms with Gasteiger partial charge in [-0.05, 0) is 17.9 Å². The van der Waals surface area contributed by atoms with Gasteiger partial charge in [-0.2, -0.15) is 4.31 Å². The first-order valence-corrected chi connectivity index (χ1v) is 8.78. The molecule has 19 heavy (non-hydrogen) atoms. The van der Waals surface area contributed by atoms with E-state index in [2.05, 4.69) is 19.2 Å². The topological polar surface area (TPSA) is 49.4 Å². The molecule has 0 fully saturated rings. The van der Waals surface area contributed by atoms with Gasteiger partial charge in [-0.25, -0.2) is 8.42 Å². The van der Waals surface area contributed by atoms with Crippen LogP contribution in [0.1, 0.15) is 25.1 Å². The summed E-state index contributed by atoms with van der Waals surface area (Å²) in [6, 6.07) is 2.06. The quantitative estimate of drug-likeness (QED) is 0.848. The highest BCUT2D eigenvalue weighted by Gasteiger charge is 2.27. The summed E-state index contributed by atoms with van der Waals surface area (Å²) in [6.07, 6.45) is 4.74. The monoisotopic (exact) mass is 300 g/mol. The van der Waals surface area contributed by atoms with Gasteiger partial charge in [0.2, 0.25) is 10.0 Å². The standard InChI is InChI=1S/C13H20N2O2S2/c1-11(2)14-10-12-13(6-9-18-12)19(16,17)15-7-4-3-5-8-15/h3-4,6,9,11,14H,5,7-8,10H2,1-2H3. The lowest BCUT2D eigenvalue weighted by Crippen LogP contribution is -2.34. The molecule has 1 aromatic rings. The Bertz CT molecular complexity index is 547. The van der Waals surface area contributed by atoms with Crippen molar-refractivity contribution in [1.29, 1.82) is 0 Å². The summed E-state index contributed by atoms with van der Waals surface area (Å²) in [5.74, 6) is 0. The molecule has 2 rings (SSSR count). The van der Waals surface area contributed by atoms with Gasteiger partial charge in [-0.3, -0.25) is 0 Å². The van der Waals surface area contributed by atoms with Crippen LogP contribution in [0.3, 0.4) is 0 Å². The van der Waals surface area contributed by atoms with E-state index in [1.807, 2.05) is 17.5 Å². The Morgan fingerprint density at radius 3 is 2.84 bits per heavy atom. The van der Waals surface area contributed by atoms with Crippen molar-refractivity contribution < 1.29 is 8.42 Å². The number of rotatable bonds is 5. The second kappa shape index (κ2) is 6.17. The van der Waals surface area contributed by atoms with Crippen LogP contribution in [0.4, 0.5) is 0 Å². The molecule has 4 nitrogen and oxygen atoms in total. The molecule has 106 valence electrons. The minimum absolute atomic E-state index is 0.343. The Balaban J connectivity index is 2.20. The average Bonchev–Trinajstić information content (AvgIpc) is 2.86. The lowest BCUT2D eigenvalue weighted by molar-refractivity contribution is 0.437. The molecule has 0 saturated heterocycles. The van der Waals surface area contributed by atoms with Crippen molar-refractivity contribution in [2.75, 3.05) is 13.1 Å². The van der Waals surface area contributed by atoms with Crippen LogP contribution in [0.2, 0.25) is 0 Å². The maximum absolute atomic E-state index is 12.6. The highest BCUT2D eigenvalue weighted by Crippen LogP contribution is 2.26. The van der Waals surface area contributed by atoms with Crippen molar-refractivity contribution in [3.8, 4) is 0 Å². The van der Waals surface area contributed by atoms with Gasteiger partial charge >= 0.3 is 0 Å². The second-order valence-electron chi connectivity index (χ2n) is 4.87. The molecule has 1 aliphatic rings. The summed E-state index contributed by atoms with van der Waals surface area (Å²) in [5.41, 5.74) is 0. The van der Waals surface area contributed by atoms with Crippen molar-refractivity contribution in [1.82, 2.24) is 9.62 Å². The van der Waals surface area contributed by atoms with Crippen LogP contribution in [-0.2, 0) is 16.6 Å². The number of nitrogens with one attached hydrogen (secondary N) is 1. The molecule has 1 N–H and O–H groups in total. The third-order valence-corrected chi connectivity index (χ3v) is 6.01. The molecule has 0 bridgehead atoms. The first kappa shape index (κ1) is 14.7. The molecule has 0 atom stereocenters. The molecular weight excluding hydrogens is 280 g/mol. The van der Waals surface area contributed by atoms with Crippen LogP contribution in [-0.4, -0.2) is 31.9 Å². The predicted molar refractivity (Wildman–Crippen MR) is 78.8 cm³/mol. The number of hydrogen-bond donors (Lipinski definition) is 1. The van der Waals surface area contributed by atoms with Crippen molar-refractivity contribution in [3.63, 3.8) is 0 Å². The minimum atomic E-state index is -3.34. The van der Waals surface area contributed by atoms with Crippen LogP contribution >= 0.6 is 11.3 Å². The molecule has 0 spiro atoms. The molecular formula is C13H20N2O2S2. The lowest BCUT2D eigenvalue weighted by atomic mass is 10.3. The van der Waals surface area contributed by atoms with Crippen molar-refractivity contribution in [2.24, 2.45) is 0 Å². The molecule has 0 aliphatic carbocycles. The van der Waals surface area contributed by atoms with E-state index in [0.29, 0.717) is 30.6 Å². The molecule has 0 unspecified atom stereocenters. The van der Waals surface area contributed by atoms with Crippen molar-refractivity contribution >= 4 is 21.4 Å². The van der Waals surface area contributed by atoms with Gasteiger partial charge in [0, 0.05) is 30.6 Å². The van der Waals surface area contributed by atoms with Crippen LogP contribution < -0.4 is 5.32 Å². The first-order valence-electron chi connectivity index (χ1n) is 6.46. The zero-order valence-electron chi connectivity index (χ0n) is 11.3. The highest BCUT2D eigenvalue weighted by molar-refractivity contribution is 7.89. The summed E-state index contributed by atoms with van der Waals surface area (Å²) in [5, 5.41) is 5.13. The third-order valence-electron chi connectivity index (χ3n) is 3.01. The smallest absolute Gasteiger partial charge is 0.244 e. The number of thiophene rings is 1. The minimum Gasteiger partial charge on any atom is -0.310 e. The maximum atomic E-state index is 12.6. The average molecular weight is 300 g/mol. The maximum Gasteiger partial charge on any atom is 0.244 e. The predicted octanol–water partition coefficient (Wildman–Crippen LogP) is 2.20. The molecule has 0 saturated carbocycles. The zero-order valence-corrected chi connectivity index (χ0v) is 12.9. The van der Waals surface area contributed by atoms with Crippen LogP contribution in [0.25, 0.3) is 0 Å². The fourth-order valence-electron chi connectivity index (χ4n) is 1.96. The van der Waals surface area contributed by atoms with E-state index in [4.69, 9.17) is 0 Å². The summed E-state index contributed by atoms with van der Waals surface area (Å²) in [7, 11) is -3.34. The molecule has 6 heteroatoms. The van der Waals surface area contributed by atoms with Gasteiger partial charge in [0.15, 0.2) is 0 Å². The van der Waals surface area contributed by atoms with E-state index in [1.54, 1.807) is 10.4 Å². The Kier molecular flexibility index (Phi) is 4.78. The van der Waals surface area contributed by atoms with Crippen molar-refractivity contribution in [2.45, 2.75) is 37.8 Å². The van der Waals surface area contributed by atoms with Gasteiger partial charge in [-0.1, -0.05) is 26.0 Å². The Labute approximate surface area is 119 Å². The molecule has 1 aliphatic heterocycles. The number of nitrogens with zero attached hydrogens (tertiary/aromatic N) is 1. The number of hydrogen-bond acceptors (Lipinski definition) is 4. The summed E-state index contributed by atoms with van der Waals surface area (Å²) >= 11 is 1.50. The van der Waals surface area contributed by atoms with Crippen LogP contribution in [0.15, 0.2) is 28.5 Å². The lowest BCUT2D eigenvalue weighted by Gasteiger charge is -2.23. The summed E-state index contributed by atoms with van der Waals surface area (Å²) in [6.45, 7) is 5.77. The van der Waals surface area contributed by atoms with Crippen LogP contribution in [0.5, 0.6) is 0 Å². The van der Waals surface area contributed by atoms with E-state index >= 15 is 0 Å². The zero-order chi connectivity index (χ0) is 13.9. The summed E-state index contributed by atoms with van der Waals surface area (Å²) in [4.78, 5) is 1.35. The van der Waals surface area contributed by atoms with E-state index < -0.39 is 10.0 Å². The van der Waals surface area contributed by atoms with E-state index in [-0.39, 0.29) is 0 Å². The number of sulfonamides is 1. The van der Waals surface area contributed by atoms with Gasteiger partial charge in [0.1, 0.15) is 0 Å². The Morgan fingerprint density at radius 2 is 2.21 bits per heavy atom. The Hall–Kier alpha value is -0.690. The molecule has 0 amide bonds. The van der Waals surface area contributed by atoms with Gasteiger partial charge < -0.3 is 5.32 Å². The molecule has 2 heterocycles. The van der Waals surface area contributed by atoms with E-state index in [9.17, 15) is 8.42 Å². The van der Waals surface area contributed by atoms with Gasteiger partial charge in [0.05, 0.1) is 4.90 Å². The fourth-order valence-corrected chi connectivity index (χ4v) is 4.73. The Morgan fingerprint density at radius 1 is 1.42 bits per heavy atom. The first-order chi connectivity index (χ1) is 9.01. The van der Waals surface area contributed by atoms with Gasteiger partial charge in [-0.15, -0.1) is 11.3 Å². The molecule has 0 aromatic carbocycles. The van der Waals surface area contributed by atoms with Gasteiger partial charge in [0.25, 0.3) is 0 Å². The normalized spacial score (nSPS) is 17.2. The molecule has 0 radical (unpaired) electrons. The summed E-state index contributed by atoms with van der Waals surface area (Å²) < 4.78 is 26.7. The van der Waals surface area contributed by atoms with Crippen molar-refractivity contribution in [3.05, 3.63) is 28.5 Å². The SMILES string of the molecule is CC(C)NCc1sccc1S(=O)(=O)N1CC=CCC1. The molecule has 1 aromatic heterocycles. The second-order valence-corrected chi connectivity index (χ2v) is 7.77.